The number of phosphoric acid groups is 2. The lowest BCUT2D eigenvalue weighted by Crippen LogP contribution is -2.30. The third-order valence-electron chi connectivity index (χ3n) is 17.9. The van der Waals surface area contributed by atoms with Gasteiger partial charge in [0.25, 0.3) is 0 Å². The molecule has 0 rings (SSSR count). The van der Waals surface area contributed by atoms with E-state index in [1.165, 1.54) is 199 Å². The number of ether oxygens (including phenoxy) is 4. The Bertz CT molecular complexity index is 1870. The maximum atomic E-state index is 13.1. The Morgan fingerprint density at radius 2 is 0.479 bits per heavy atom. The number of carbonyl (C=O) groups is 4. The van der Waals surface area contributed by atoms with E-state index >= 15 is 0 Å². The van der Waals surface area contributed by atoms with Gasteiger partial charge < -0.3 is 33.8 Å². The van der Waals surface area contributed by atoms with Gasteiger partial charge in [-0.05, 0) is 43.4 Å². The van der Waals surface area contributed by atoms with Gasteiger partial charge in [0, 0.05) is 25.7 Å². The zero-order valence-electron chi connectivity index (χ0n) is 62.8. The fourth-order valence-corrected chi connectivity index (χ4v) is 13.4. The van der Waals surface area contributed by atoms with E-state index in [4.69, 9.17) is 37.0 Å². The smallest absolute Gasteiger partial charge is 0.462 e. The minimum atomic E-state index is -4.96. The van der Waals surface area contributed by atoms with Crippen LogP contribution in [0.25, 0.3) is 0 Å². The lowest BCUT2D eigenvalue weighted by Gasteiger charge is -2.21. The fraction of sp³-hybridized carbons (Fsp3) is 0.948. The first kappa shape index (κ1) is 94.1. The molecule has 0 aliphatic carbocycles. The van der Waals surface area contributed by atoms with E-state index in [1.54, 1.807) is 0 Å². The Morgan fingerprint density at radius 1 is 0.281 bits per heavy atom. The molecule has 5 atom stereocenters. The molecule has 0 radical (unpaired) electrons. The number of aliphatic hydroxyl groups is 1. The van der Waals surface area contributed by atoms with Crippen molar-refractivity contribution in [3.63, 3.8) is 0 Å². The summed E-state index contributed by atoms with van der Waals surface area (Å²) >= 11 is 0. The summed E-state index contributed by atoms with van der Waals surface area (Å²) in [6, 6.07) is 0. The van der Waals surface area contributed by atoms with Crippen molar-refractivity contribution >= 4 is 39.5 Å². The number of rotatable bonds is 75. The molecule has 3 N–H and O–H groups in total. The zero-order valence-corrected chi connectivity index (χ0v) is 64.6. The monoisotopic (exact) mass is 1410 g/mol. The molecule has 0 aliphatic heterocycles. The van der Waals surface area contributed by atoms with E-state index in [-0.39, 0.29) is 25.7 Å². The van der Waals surface area contributed by atoms with E-state index in [1.807, 2.05) is 0 Å². The predicted molar refractivity (Wildman–Crippen MR) is 391 cm³/mol. The first-order valence-electron chi connectivity index (χ1n) is 39.8. The largest absolute Gasteiger partial charge is 0.472 e. The summed E-state index contributed by atoms with van der Waals surface area (Å²) in [5.74, 6) is 0.0850. The SMILES string of the molecule is CCCCCCCCCCCCCCCCCCCCCCC(=O)O[C@H](COC(=O)CCCCCCCCCCCCCCC(C)C)COP(=O)(O)OC[C@@H](O)COP(=O)(O)OC[C@@H](COC(=O)CCCCCCCCCC(C)C)OC(=O)CCCCCCCCCCC(C)C. The minimum absolute atomic E-state index is 0.104. The number of carbonyl (C=O) groups excluding carboxylic acids is 4. The highest BCUT2D eigenvalue weighted by molar-refractivity contribution is 7.47. The van der Waals surface area contributed by atoms with Crippen LogP contribution in [0, 0.1) is 17.8 Å². The molecule has 96 heavy (non-hydrogen) atoms. The quantitative estimate of drug-likeness (QED) is 0.0222. The maximum absolute atomic E-state index is 13.1. The molecule has 17 nitrogen and oxygen atoms in total. The van der Waals surface area contributed by atoms with Crippen LogP contribution in [0.3, 0.4) is 0 Å². The Hall–Kier alpha value is -1.94. The lowest BCUT2D eigenvalue weighted by atomic mass is 10.0. The van der Waals surface area contributed by atoms with Crippen LogP contribution in [0.2, 0.25) is 0 Å². The lowest BCUT2D eigenvalue weighted by molar-refractivity contribution is -0.161. The molecule has 570 valence electrons. The van der Waals surface area contributed by atoms with Crippen LogP contribution in [0.15, 0.2) is 0 Å². The Morgan fingerprint density at radius 3 is 0.708 bits per heavy atom. The molecule has 0 spiro atoms. The zero-order chi connectivity index (χ0) is 70.9. The van der Waals surface area contributed by atoms with Crippen LogP contribution in [0.1, 0.15) is 395 Å². The second kappa shape index (κ2) is 67.5. The van der Waals surface area contributed by atoms with Gasteiger partial charge in [0.1, 0.15) is 19.3 Å². The van der Waals surface area contributed by atoms with Gasteiger partial charge in [0.15, 0.2) is 12.2 Å². The van der Waals surface area contributed by atoms with Crippen molar-refractivity contribution in [3.05, 3.63) is 0 Å². The van der Waals surface area contributed by atoms with E-state index in [0.717, 1.165) is 108 Å². The van der Waals surface area contributed by atoms with Gasteiger partial charge in [-0.15, -0.1) is 0 Å². The van der Waals surface area contributed by atoms with Crippen LogP contribution in [-0.2, 0) is 65.4 Å². The van der Waals surface area contributed by atoms with Gasteiger partial charge in [0.05, 0.1) is 26.4 Å². The number of hydrogen-bond acceptors (Lipinski definition) is 15. The normalized spacial score (nSPS) is 14.1. The van der Waals surface area contributed by atoms with Crippen molar-refractivity contribution in [2.45, 2.75) is 414 Å². The molecule has 19 heteroatoms. The molecule has 0 saturated heterocycles. The van der Waals surface area contributed by atoms with Crippen molar-refractivity contribution in [1.82, 2.24) is 0 Å². The van der Waals surface area contributed by atoms with Crippen molar-refractivity contribution < 1.29 is 80.2 Å². The summed E-state index contributed by atoms with van der Waals surface area (Å²) in [7, 11) is -9.91. The van der Waals surface area contributed by atoms with Crippen LogP contribution in [-0.4, -0.2) is 96.7 Å². The number of aliphatic hydroxyl groups excluding tert-OH is 1. The van der Waals surface area contributed by atoms with Crippen molar-refractivity contribution in [1.29, 1.82) is 0 Å². The van der Waals surface area contributed by atoms with Crippen LogP contribution >= 0.6 is 15.6 Å². The topological polar surface area (TPSA) is 237 Å². The number of phosphoric ester groups is 2. The van der Waals surface area contributed by atoms with E-state index in [2.05, 4.69) is 48.5 Å². The van der Waals surface area contributed by atoms with Crippen molar-refractivity contribution in [2.75, 3.05) is 39.6 Å². The predicted octanol–water partition coefficient (Wildman–Crippen LogP) is 22.6. The molecule has 0 saturated carbocycles. The second-order valence-electron chi connectivity index (χ2n) is 29.2. The molecular weight excluding hydrogens is 1260 g/mol. The van der Waals surface area contributed by atoms with E-state index in [0.29, 0.717) is 31.6 Å². The summed E-state index contributed by atoms with van der Waals surface area (Å²) in [4.78, 5) is 72.8. The van der Waals surface area contributed by atoms with Crippen LogP contribution < -0.4 is 0 Å². The molecule has 0 bridgehead atoms. The standard InChI is InChI=1S/C77H150O17P2/c1-8-9-10-11-12-13-14-15-16-17-18-19-20-21-22-27-30-38-46-53-60-76(81)93-72(64-87-74(79)58-51-44-37-29-26-24-23-25-28-34-41-48-55-68(2)3)66-91-95(83,84)89-62-71(78)63-90-96(85,86)92-67-73(65-88-75(80)59-52-45-40-33-36-43-50-57-70(6)7)94-77(82)61-54-47-39-32-31-35-42-49-56-69(4)5/h68-73,78H,8-67H2,1-7H3,(H,83,84)(H,85,86)/t71-,72-,73-/m1/s1. The third-order valence-corrected chi connectivity index (χ3v) is 19.8. The van der Waals surface area contributed by atoms with Gasteiger partial charge in [0.2, 0.25) is 0 Å². The van der Waals surface area contributed by atoms with Gasteiger partial charge in [-0.25, -0.2) is 9.13 Å². The molecule has 0 aliphatic rings. The van der Waals surface area contributed by atoms with Gasteiger partial charge in [-0.1, -0.05) is 344 Å². The number of hydrogen-bond donors (Lipinski definition) is 3. The number of unbranched alkanes of at least 4 members (excludes halogenated alkanes) is 43. The van der Waals surface area contributed by atoms with Crippen molar-refractivity contribution in [2.24, 2.45) is 17.8 Å². The first-order valence-corrected chi connectivity index (χ1v) is 42.8. The average Bonchev–Trinajstić information content (AvgIpc) is 2.10. The van der Waals surface area contributed by atoms with Crippen LogP contribution in [0.5, 0.6) is 0 Å². The number of esters is 4. The summed E-state index contributed by atoms with van der Waals surface area (Å²) < 4.78 is 68.5. The van der Waals surface area contributed by atoms with Gasteiger partial charge in [-0.3, -0.25) is 37.3 Å². The molecular formula is C77H150O17P2. The first-order chi connectivity index (χ1) is 46.2. The highest BCUT2D eigenvalue weighted by Gasteiger charge is 2.30. The molecule has 0 amide bonds. The maximum Gasteiger partial charge on any atom is 0.472 e. The molecule has 0 aromatic rings. The molecule has 0 aromatic heterocycles. The molecule has 0 aromatic carbocycles. The summed E-state index contributed by atoms with van der Waals surface area (Å²) in [5.41, 5.74) is 0. The Balaban J connectivity index is 5.22. The fourth-order valence-electron chi connectivity index (χ4n) is 11.8. The highest BCUT2D eigenvalue weighted by Crippen LogP contribution is 2.45. The molecule has 0 fully saturated rings. The average molecular weight is 1410 g/mol. The summed E-state index contributed by atoms with van der Waals surface area (Å²) in [5, 5.41) is 10.6. The molecule has 0 heterocycles. The Kier molecular flexibility index (Phi) is 66.2. The minimum Gasteiger partial charge on any atom is -0.462 e. The third kappa shape index (κ3) is 70.5. The van der Waals surface area contributed by atoms with Crippen LogP contribution in [0.4, 0.5) is 0 Å². The highest BCUT2D eigenvalue weighted by atomic mass is 31.2. The van der Waals surface area contributed by atoms with Gasteiger partial charge in [-0.2, -0.15) is 0 Å². The Labute approximate surface area is 588 Å². The van der Waals surface area contributed by atoms with E-state index < -0.39 is 97.5 Å². The van der Waals surface area contributed by atoms with E-state index in [9.17, 15) is 43.2 Å². The molecule has 2 unspecified atom stereocenters. The second-order valence-corrected chi connectivity index (χ2v) is 32.1. The van der Waals surface area contributed by atoms with Crippen molar-refractivity contribution in [3.8, 4) is 0 Å². The van der Waals surface area contributed by atoms with Gasteiger partial charge >= 0.3 is 39.5 Å². The summed E-state index contributed by atoms with van der Waals surface area (Å²) in [6.45, 7) is 11.8. The summed E-state index contributed by atoms with van der Waals surface area (Å²) in [6.07, 6.45) is 54.4.